The number of hydrogen-bond acceptors (Lipinski definition) is 5. The van der Waals surface area contributed by atoms with Crippen LogP contribution in [0, 0.1) is 28.6 Å². The van der Waals surface area contributed by atoms with Gasteiger partial charge in [0.1, 0.15) is 6.10 Å². The maximum Gasteiger partial charge on any atom is 0.100 e. The summed E-state index contributed by atoms with van der Waals surface area (Å²) in [6, 6.07) is 2.10. The van der Waals surface area contributed by atoms with Crippen molar-refractivity contribution in [1.82, 2.24) is 0 Å². The third-order valence-electron chi connectivity index (χ3n) is 10.5. The second-order valence-corrected chi connectivity index (χ2v) is 11.6. The largest absolute Gasteiger partial charge is 0.472 e. The lowest BCUT2D eigenvalue weighted by Gasteiger charge is -2.63. The smallest absolute Gasteiger partial charge is 0.100 e. The van der Waals surface area contributed by atoms with Gasteiger partial charge in [-0.25, -0.2) is 0 Å². The molecule has 1 heterocycles. The summed E-state index contributed by atoms with van der Waals surface area (Å²) in [6.07, 6.45) is 12.8. The highest BCUT2D eigenvalue weighted by Crippen LogP contribution is 2.70. The van der Waals surface area contributed by atoms with E-state index in [4.69, 9.17) is 14.3 Å². The predicted molar refractivity (Wildman–Crippen MR) is 117 cm³/mol. The van der Waals surface area contributed by atoms with Crippen molar-refractivity contribution in [3.05, 3.63) is 24.2 Å². The minimum Gasteiger partial charge on any atom is -0.472 e. The van der Waals surface area contributed by atoms with E-state index in [0.29, 0.717) is 23.7 Å². The fraction of sp³-hybridized carbons (Fsp3) is 0.846. The molecule has 4 aliphatic rings. The first-order chi connectivity index (χ1) is 14.8. The number of ether oxygens (including phenoxy) is 1. The minimum absolute atomic E-state index is 0.0675. The standard InChI is InChI=1S/C26H40O5/c1-24-9-5-20(31-16-19(28)14-27)13-18(24)3-4-23-22(24)6-10-25(2)21(7-11-26(23,25)29)17-8-12-30-15-17/h8,12,15,18-23,27-29H,3-7,9-11,13-14,16H2,1-2H3/t18-,19?,20+,21-,22+,23-,24+,25-,26+/m1/s1. The maximum absolute atomic E-state index is 12.3. The van der Waals surface area contributed by atoms with Crippen molar-refractivity contribution < 1.29 is 24.5 Å². The van der Waals surface area contributed by atoms with Gasteiger partial charge in [-0.2, -0.15) is 0 Å². The molecule has 174 valence electrons. The third kappa shape index (κ3) is 3.25. The van der Waals surface area contributed by atoms with E-state index in [9.17, 15) is 10.2 Å². The first-order valence-electron chi connectivity index (χ1n) is 12.5. The molecule has 0 saturated heterocycles. The van der Waals surface area contributed by atoms with Crippen molar-refractivity contribution in [1.29, 1.82) is 0 Å². The molecule has 4 fully saturated rings. The fourth-order valence-corrected chi connectivity index (χ4v) is 8.64. The van der Waals surface area contributed by atoms with E-state index in [1.807, 2.05) is 6.26 Å². The van der Waals surface area contributed by atoms with Crippen molar-refractivity contribution in [3.63, 3.8) is 0 Å². The van der Waals surface area contributed by atoms with Gasteiger partial charge in [-0.1, -0.05) is 13.8 Å². The van der Waals surface area contributed by atoms with Crippen LogP contribution in [0.4, 0.5) is 0 Å². The van der Waals surface area contributed by atoms with Crippen LogP contribution < -0.4 is 0 Å². The molecule has 0 radical (unpaired) electrons. The summed E-state index contributed by atoms with van der Waals surface area (Å²) in [7, 11) is 0. The van der Waals surface area contributed by atoms with Crippen LogP contribution in [0.25, 0.3) is 0 Å². The van der Waals surface area contributed by atoms with Crippen LogP contribution in [-0.2, 0) is 4.74 Å². The second kappa shape index (κ2) is 7.86. The average Bonchev–Trinajstić information content (AvgIpc) is 3.37. The lowest BCUT2D eigenvalue weighted by atomic mass is 9.43. The Morgan fingerprint density at radius 2 is 1.94 bits per heavy atom. The van der Waals surface area contributed by atoms with Crippen molar-refractivity contribution in [2.45, 2.75) is 95.4 Å². The van der Waals surface area contributed by atoms with Gasteiger partial charge in [-0.15, -0.1) is 0 Å². The van der Waals surface area contributed by atoms with Gasteiger partial charge in [-0.3, -0.25) is 0 Å². The molecule has 0 aliphatic heterocycles. The molecule has 0 spiro atoms. The van der Waals surface area contributed by atoms with Crippen LogP contribution in [-0.4, -0.2) is 46.3 Å². The highest BCUT2D eigenvalue weighted by Gasteiger charge is 2.67. The number of aliphatic hydroxyl groups is 3. The Hall–Kier alpha value is -0.880. The lowest BCUT2D eigenvalue weighted by Crippen LogP contribution is -2.62. The van der Waals surface area contributed by atoms with Crippen LogP contribution in [0.15, 0.2) is 23.0 Å². The molecule has 5 nitrogen and oxygen atoms in total. The molecule has 1 aromatic heterocycles. The van der Waals surface area contributed by atoms with E-state index in [1.54, 1.807) is 6.26 Å². The first-order valence-corrected chi connectivity index (χ1v) is 12.5. The molecule has 5 heteroatoms. The summed E-state index contributed by atoms with van der Waals surface area (Å²) in [6.45, 7) is 4.82. The summed E-state index contributed by atoms with van der Waals surface area (Å²) < 4.78 is 11.4. The molecule has 31 heavy (non-hydrogen) atoms. The molecule has 3 N–H and O–H groups in total. The van der Waals surface area contributed by atoms with Crippen molar-refractivity contribution in [3.8, 4) is 0 Å². The van der Waals surface area contributed by atoms with Crippen LogP contribution in [0.3, 0.4) is 0 Å². The van der Waals surface area contributed by atoms with Crippen LogP contribution in [0.1, 0.15) is 83.1 Å². The topological polar surface area (TPSA) is 83.1 Å². The van der Waals surface area contributed by atoms with Crippen molar-refractivity contribution in [2.75, 3.05) is 13.2 Å². The molecule has 0 aromatic carbocycles. The zero-order valence-corrected chi connectivity index (χ0v) is 19.1. The highest BCUT2D eigenvalue weighted by molar-refractivity contribution is 5.26. The summed E-state index contributed by atoms with van der Waals surface area (Å²) in [4.78, 5) is 0. The quantitative estimate of drug-likeness (QED) is 0.648. The molecule has 5 rings (SSSR count). The molecule has 4 aliphatic carbocycles. The second-order valence-electron chi connectivity index (χ2n) is 11.6. The van der Waals surface area contributed by atoms with Gasteiger partial charge < -0.3 is 24.5 Å². The monoisotopic (exact) mass is 432 g/mol. The van der Waals surface area contributed by atoms with Gasteiger partial charge >= 0.3 is 0 Å². The molecular weight excluding hydrogens is 392 g/mol. The normalized spacial score (nSPS) is 48.0. The maximum atomic E-state index is 12.3. The van der Waals surface area contributed by atoms with Crippen molar-refractivity contribution >= 4 is 0 Å². The van der Waals surface area contributed by atoms with Gasteiger partial charge in [0.15, 0.2) is 0 Å². The Kier molecular flexibility index (Phi) is 5.56. The van der Waals surface area contributed by atoms with Crippen LogP contribution in [0.5, 0.6) is 0 Å². The van der Waals surface area contributed by atoms with Gasteiger partial charge in [-0.05, 0) is 98.5 Å². The van der Waals surface area contributed by atoms with E-state index < -0.39 is 11.7 Å². The number of fused-ring (bicyclic) bond motifs is 5. The Bertz CT molecular complexity index is 764. The molecule has 1 unspecified atom stereocenters. The Morgan fingerprint density at radius 1 is 1.10 bits per heavy atom. The van der Waals surface area contributed by atoms with Gasteiger partial charge in [0.25, 0.3) is 0 Å². The average molecular weight is 433 g/mol. The zero-order chi connectivity index (χ0) is 21.9. The summed E-state index contributed by atoms with van der Waals surface area (Å²) in [5, 5.41) is 31.0. The minimum atomic E-state index is -0.778. The number of rotatable bonds is 5. The third-order valence-corrected chi connectivity index (χ3v) is 10.5. The van der Waals surface area contributed by atoms with E-state index in [-0.39, 0.29) is 30.1 Å². The van der Waals surface area contributed by atoms with E-state index in [2.05, 4.69) is 19.9 Å². The predicted octanol–water partition coefficient (Wildman–Crippen LogP) is 4.26. The van der Waals surface area contributed by atoms with E-state index >= 15 is 0 Å². The molecule has 1 aromatic rings. The van der Waals surface area contributed by atoms with E-state index in [1.165, 1.54) is 12.0 Å². The van der Waals surface area contributed by atoms with Crippen LogP contribution in [0.2, 0.25) is 0 Å². The Balaban J connectivity index is 1.33. The molecule has 4 saturated carbocycles. The zero-order valence-electron chi connectivity index (χ0n) is 19.1. The number of hydrogen-bond donors (Lipinski definition) is 3. The molecule has 0 amide bonds. The van der Waals surface area contributed by atoms with E-state index in [0.717, 1.165) is 51.4 Å². The summed E-state index contributed by atoms with van der Waals surface area (Å²) in [5.74, 6) is 1.98. The number of furan rings is 1. The number of aliphatic hydroxyl groups excluding tert-OH is 2. The van der Waals surface area contributed by atoms with Gasteiger partial charge in [0, 0.05) is 5.41 Å². The Labute approximate surface area is 186 Å². The van der Waals surface area contributed by atoms with Crippen LogP contribution >= 0.6 is 0 Å². The van der Waals surface area contributed by atoms with Gasteiger partial charge in [0.05, 0.1) is 37.4 Å². The molecule has 9 atom stereocenters. The highest BCUT2D eigenvalue weighted by atomic mass is 16.5. The molecular formula is C26H40O5. The summed E-state index contributed by atoms with van der Waals surface area (Å²) >= 11 is 0. The fourth-order valence-electron chi connectivity index (χ4n) is 8.64. The Morgan fingerprint density at radius 3 is 2.68 bits per heavy atom. The lowest BCUT2D eigenvalue weighted by molar-refractivity contribution is -0.208. The van der Waals surface area contributed by atoms with Gasteiger partial charge in [0.2, 0.25) is 0 Å². The SMILES string of the molecule is C[C@]12CC[C@H](OCC(O)CO)C[C@H]1CC[C@@H]1[C@@H]2CC[C@]2(C)[C@@H](c3ccoc3)CC[C@]12O. The van der Waals surface area contributed by atoms with Crippen molar-refractivity contribution in [2.24, 2.45) is 28.6 Å². The first kappa shape index (κ1) is 21.9. The summed E-state index contributed by atoms with van der Waals surface area (Å²) in [5.41, 5.74) is 0.884. The molecule has 0 bridgehead atoms.